The van der Waals surface area contributed by atoms with Gasteiger partial charge in [0.15, 0.2) is 0 Å². The Labute approximate surface area is 164 Å². The van der Waals surface area contributed by atoms with E-state index in [0.29, 0.717) is 17.5 Å². The summed E-state index contributed by atoms with van der Waals surface area (Å²) in [6.45, 7) is 2.11. The Bertz CT molecular complexity index is 874. The van der Waals surface area contributed by atoms with Gasteiger partial charge in [0.2, 0.25) is 0 Å². The van der Waals surface area contributed by atoms with Crippen LogP contribution in [0.5, 0.6) is 0 Å². The van der Waals surface area contributed by atoms with E-state index in [1.54, 1.807) is 18.3 Å². The molecule has 0 unspecified atom stereocenters. The van der Waals surface area contributed by atoms with Crippen molar-refractivity contribution < 1.29 is 9.18 Å². The van der Waals surface area contributed by atoms with Crippen molar-refractivity contribution in [1.29, 1.82) is 0 Å². The minimum Gasteiger partial charge on any atom is -0.384 e. The zero-order chi connectivity index (χ0) is 19.8. The number of nitrogens with one attached hydrogen (secondary N) is 1. The molecule has 0 atom stereocenters. The van der Waals surface area contributed by atoms with Gasteiger partial charge >= 0.3 is 6.03 Å². The Kier molecular flexibility index (Phi) is 4.93. The molecule has 1 fully saturated rings. The molecular formula is C21H26FN5O. The topological polar surface area (TPSA) is 74.5 Å². The van der Waals surface area contributed by atoms with Crippen LogP contribution in [0, 0.1) is 12.7 Å². The molecule has 148 valence electrons. The smallest absolute Gasteiger partial charge is 0.329 e. The van der Waals surface area contributed by atoms with Gasteiger partial charge in [-0.3, -0.25) is 9.80 Å². The molecule has 2 aliphatic rings. The molecule has 0 bridgehead atoms. The molecule has 1 aromatic heterocycles. The van der Waals surface area contributed by atoms with Crippen LogP contribution >= 0.6 is 0 Å². The average molecular weight is 383 g/mol. The Hall–Kier alpha value is -2.67. The number of hydrogen-bond donors (Lipinski definition) is 2. The molecule has 2 heterocycles. The van der Waals surface area contributed by atoms with Crippen LogP contribution in [0.2, 0.25) is 0 Å². The van der Waals surface area contributed by atoms with Crippen LogP contribution in [0.4, 0.5) is 26.4 Å². The number of carbonyl (C=O) groups is 1. The maximum atomic E-state index is 14.7. The molecule has 0 radical (unpaired) electrons. The summed E-state index contributed by atoms with van der Waals surface area (Å²) < 4.78 is 14.7. The van der Waals surface area contributed by atoms with Crippen molar-refractivity contribution in [3.63, 3.8) is 0 Å². The average Bonchev–Trinajstić information content (AvgIpc) is 2.69. The highest BCUT2D eigenvalue weighted by atomic mass is 19.1. The fourth-order valence-corrected chi connectivity index (χ4v) is 4.42. The number of aryl methyl sites for hydroxylation is 1. The predicted octanol–water partition coefficient (Wildman–Crippen LogP) is 3.59. The van der Waals surface area contributed by atoms with Crippen LogP contribution in [-0.2, 0) is 6.54 Å². The van der Waals surface area contributed by atoms with Crippen molar-refractivity contribution in [1.82, 2.24) is 10.3 Å². The van der Waals surface area contributed by atoms with E-state index in [1.807, 2.05) is 24.9 Å². The third kappa shape index (κ3) is 3.20. The summed E-state index contributed by atoms with van der Waals surface area (Å²) in [4.78, 5) is 21.1. The van der Waals surface area contributed by atoms with E-state index in [1.165, 1.54) is 11.0 Å². The number of nitrogens with two attached hydrogens (primary N) is 1. The van der Waals surface area contributed by atoms with Crippen molar-refractivity contribution in [2.45, 2.75) is 51.2 Å². The predicted molar refractivity (Wildman–Crippen MR) is 109 cm³/mol. The fraction of sp³-hybridized carbons (Fsp3) is 0.429. The number of urea groups is 1. The number of para-hydroxylation sites is 1. The normalized spacial score (nSPS) is 22.3. The number of halogens is 1. The van der Waals surface area contributed by atoms with E-state index in [2.05, 4.69) is 10.3 Å². The standard InChI is InChI=1S/C21H26FN5O/c1-13-4-3-5-17(22)20(13)26-12-14-11-25-19(23)10-18(14)27(21(26)28)16-8-6-15(24-2)7-9-16/h3-5,10-11,15-16,24H,6-9,12H2,1-2H3,(H2,23,25). The van der Waals surface area contributed by atoms with E-state index in [0.717, 1.165) is 42.5 Å². The van der Waals surface area contributed by atoms with Crippen molar-refractivity contribution in [3.8, 4) is 0 Å². The second kappa shape index (κ2) is 7.39. The molecule has 7 heteroatoms. The first-order valence-corrected chi connectivity index (χ1v) is 9.77. The second-order valence-corrected chi connectivity index (χ2v) is 7.68. The van der Waals surface area contributed by atoms with Crippen LogP contribution in [-0.4, -0.2) is 30.1 Å². The van der Waals surface area contributed by atoms with Gasteiger partial charge in [0.25, 0.3) is 0 Å². The lowest BCUT2D eigenvalue weighted by atomic mass is 9.89. The number of rotatable bonds is 3. The van der Waals surface area contributed by atoms with Gasteiger partial charge in [-0.1, -0.05) is 12.1 Å². The van der Waals surface area contributed by atoms with Crippen LogP contribution < -0.4 is 20.9 Å². The van der Waals surface area contributed by atoms with Gasteiger partial charge in [0.05, 0.1) is 17.9 Å². The molecular weight excluding hydrogens is 357 g/mol. The number of carbonyl (C=O) groups excluding carboxylic acids is 1. The summed E-state index contributed by atoms with van der Waals surface area (Å²) in [5, 5.41) is 3.32. The van der Waals surface area contributed by atoms with E-state index in [9.17, 15) is 9.18 Å². The van der Waals surface area contributed by atoms with Crippen molar-refractivity contribution >= 4 is 23.2 Å². The highest BCUT2D eigenvalue weighted by molar-refractivity contribution is 6.07. The van der Waals surface area contributed by atoms with Gasteiger partial charge in [-0.2, -0.15) is 0 Å². The van der Waals surface area contributed by atoms with E-state index in [-0.39, 0.29) is 24.4 Å². The highest BCUT2D eigenvalue weighted by Crippen LogP contribution is 2.38. The Balaban J connectivity index is 1.76. The zero-order valence-corrected chi connectivity index (χ0v) is 16.3. The lowest BCUT2D eigenvalue weighted by Gasteiger charge is -2.43. The van der Waals surface area contributed by atoms with Gasteiger partial charge in [-0.05, 0) is 51.3 Å². The van der Waals surface area contributed by atoms with E-state index < -0.39 is 0 Å². The monoisotopic (exact) mass is 383 g/mol. The van der Waals surface area contributed by atoms with Crippen LogP contribution in [0.25, 0.3) is 0 Å². The summed E-state index contributed by atoms with van der Waals surface area (Å²) in [5.41, 5.74) is 8.68. The molecule has 28 heavy (non-hydrogen) atoms. The first kappa shape index (κ1) is 18.7. The van der Waals surface area contributed by atoms with Crippen LogP contribution in [0.3, 0.4) is 0 Å². The number of fused-ring (bicyclic) bond motifs is 1. The minimum absolute atomic E-state index is 0.0625. The van der Waals surface area contributed by atoms with Gasteiger partial charge < -0.3 is 11.1 Å². The first-order valence-electron chi connectivity index (χ1n) is 9.77. The quantitative estimate of drug-likeness (QED) is 0.849. The number of nitrogens with zero attached hydrogens (tertiary/aromatic N) is 3. The maximum absolute atomic E-state index is 14.7. The van der Waals surface area contributed by atoms with Crippen molar-refractivity contribution in [2.75, 3.05) is 22.6 Å². The van der Waals surface area contributed by atoms with E-state index in [4.69, 9.17) is 5.73 Å². The third-order valence-electron chi connectivity index (χ3n) is 5.94. The fourth-order valence-electron chi connectivity index (χ4n) is 4.42. The molecule has 0 saturated heterocycles. The molecule has 2 aromatic rings. The number of benzene rings is 1. The number of pyridine rings is 1. The summed E-state index contributed by atoms with van der Waals surface area (Å²) >= 11 is 0. The number of anilines is 3. The number of aromatic nitrogens is 1. The maximum Gasteiger partial charge on any atom is 0.329 e. The first-order chi connectivity index (χ1) is 13.5. The largest absolute Gasteiger partial charge is 0.384 e. The summed E-state index contributed by atoms with van der Waals surface area (Å²) in [5.74, 6) is -0.00460. The number of amides is 2. The lowest BCUT2D eigenvalue weighted by Crippen LogP contribution is -2.54. The highest BCUT2D eigenvalue weighted by Gasteiger charge is 2.38. The van der Waals surface area contributed by atoms with Crippen molar-refractivity contribution in [3.05, 3.63) is 47.4 Å². The minimum atomic E-state index is -0.390. The van der Waals surface area contributed by atoms with Gasteiger partial charge in [-0.15, -0.1) is 0 Å². The van der Waals surface area contributed by atoms with E-state index >= 15 is 0 Å². The van der Waals surface area contributed by atoms with Gasteiger partial charge in [0.1, 0.15) is 11.6 Å². The Morgan fingerprint density at radius 3 is 2.68 bits per heavy atom. The molecule has 1 aromatic carbocycles. The van der Waals surface area contributed by atoms with Gasteiger partial charge in [0, 0.05) is 29.9 Å². The third-order valence-corrected chi connectivity index (χ3v) is 5.94. The van der Waals surface area contributed by atoms with Crippen LogP contribution in [0.1, 0.15) is 36.8 Å². The summed E-state index contributed by atoms with van der Waals surface area (Å²) in [6, 6.07) is 6.99. The molecule has 6 nitrogen and oxygen atoms in total. The summed E-state index contributed by atoms with van der Waals surface area (Å²) in [7, 11) is 1.97. The lowest BCUT2D eigenvalue weighted by molar-refractivity contribution is 0.242. The Morgan fingerprint density at radius 1 is 1.25 bits per heavy atom. The molecule has 4 rings (SSSR count). The molecule has 1 aliphatic carbocycles. The SMILES string of the molecule is CNC1CCC(N2C(=O)N(c3c(C)cccc3F)Cc3cnc(N)cc32)CC1. The number of nitrogen functional groups attached to an aromatic ring is 1. The van der Waals surface area contributed by atoms with Crippen molar-refractivity contribution in [2.24, 2.45) is 0 Å². The number of hydrogen-bond acceptors (Lipinski definition) is 4. The van der Waals surface area contributed by atoms with Crippen LogP contribution in [0.15, 0.2) is 30.5 Å². The second-order valence-electron chi connectivity index (χ2n) is 7.68. The zero-order valence-electron chi connectivity index (χ0n) is 16.3. The molecule has 0 spiro atoms. The summed E-state index contributed by atoms with van der Waals surface area (Å²) in [6.07, 6.45) is 5.48. The van der Waals surface area contributed by atoms with Gasteiger partial charge in [-0.25, -0.2) is 14.2 Å². The molecule has 1 saturated carbocycles. The molecule has 2 amide bonds. The molecule has 3 N–H and O–H groups in total. The Morgan fingerprint density at radius 2 is 2.00 bits per heavy atom. The molecule has 1 aliphatic heterocycles.